The summed E-state index contributed by atoms with van der Waals surface area (Å²) in [5.74, 6) is 0.000550. The van der Waals surface area contributed by atoms with Gasteiger partial charge in [-0.25, -0.2) is 4.39 Å². The molecule has 1 aliphatic rings. The molecule has 3 rings (SSSR count). The van der Waals surface area contributed by atoms with Gasteiger partial charge in [0.2, 0.25) is 5.91 Å². The van der Waals surface area contributed by atoms with Gasteiger partial charge in [-0.1, -0.05) is 12.1 Å². The predicted octanol–water partition coefficient (Wildman–Crippen LogP) is 2.23. The van der Waals surface area contributed by atoms with Crippen LogP contribution >= 0.6 is 12.4 Å². The standard InChI is InChI=1S/C17H21FN4O.ClH/c18-15-5-1-3-13(9-15)10-20-17(23)12-22-8-6-16(21-22)14-4-2-7-19-11-14;/h1,3,5-6,8-9,14,19H,2,4,7,10-12H2,(H,20,23);1H. The highest BCUT2D eigenvalue weighted by Crippen LogP contribution is 2.21. The van der Waals surface area contributed by atoms with Crippen molar-refractivity contribution in [2.75, 3.05) is 13.1 Å². The van der Waals surface area contributed by atoms with E-state index in [-0.39, 0.29) is 30.7 Å². The number of halogens is 2. The van der Waals surface area contributed by atoms with Crippen LogP contribution in [0, 0.1) is 5.82 Å². The zero-order valence-corrected chi connectivity index (χ0v) is 14.2. The van der Waals surface area contributed by atoms with Gasteiger partial charge in [0.15, 0.2) is 0 Å². The molecule has 2 heterocycles. The van der Waals surface area contributed by atoms with Crippen molar-refractivity contribution in [3.8, 4) is 0 Å². The molecule has 1 aliphatic heterocycles. The number of piperidine rings is 1. The number of amides is 1. The van der Waals surface area contributed by atoms with Crippen molar-refractivity contribution >= 4 is 18.3 Å². The third-order valence-electron chi connectivity index (χ3n) is 4.06. The van der Waals surface area contributed by atoms with Gasteiger partial charge in [-0.3, -0.25) is 9.48 Å². The predicted molar refractivity (Wildman–Crippen MR) is 92.6 cm³/mol. The van der Waals surface area contributed by atoms with Gasteiger partial charge in [-0.15, -0.1) is 12.4 Å². The van der Waals surface area contributed by atoms with E-state index in [4.69, 9.17) is 0 Å². The number of hydrogen-bond donors (Lipinski definition) is 2. The molecule has 1 atom stereocenters. The first-order valence-electron chi connectivity index (χ1n) is 7.96. The second kappa shape index (κ2) is 8.80. The molecule has 7 heteroatoms. The summed E-state index contributed by atoms with van der Waals surface area (Å²) < 4.78 is 14.7. The highest BCUT2D eigenvalue weighted by Gasteiger charge is 2.17. The van der Waals surface area contributed by atoms with Crippen molar-refractivity contribution in [2.45, 2.75) is 31.8 Å². The maximum absolute atomic E-state index is 13.1. The summed E-state index contributed by atoms with van der Waals surface area (Å²) in [6.45, 7) is 2.51. The number of aromatic nitrogens is 2. The number of benzene rings is 1. The van der Waals surface area contributed by atoms with Crippen LogP contribution in [-0.4, -0.2) is 28.8 Å². The molecule has 24 heavy (non-hydrogen) atoms. The zero-order valence-electron chi connectivity index (χ0n) is 13.4. The van der Waals surface area contributed by atoms with Crippen molar-refractivity contribution in [1.82, 2.24) is 20.4 Å². The molecule has 130 valence electrons. The molecule has 1 fully saturated rings. The van der Waals surface area contributed by atoms with Gasteiger partial charge < -0.3 is 10.6 Å². The molecule has 0 saturated carbocycles. The van der Waals surface area contributed by atoms with Gasteiger partial charge in [-0.05, 0) is 43.1 Å². The van der Waals surface area contributed by atoms with Gasteiger partial charge >= 0.3 is 0 Å². The minimum Gasteiger partial charge on any atom is -0.350 e. The summed E-state index contributed by atoms with van der Waals surface area (Å²) in [5.41, 5.74) is 1.78. The zero-order chi connectivity index (χ0) is 16.1. The van der Waals surface area contributed by atoms with Crippen LogP contribution in [0.5, 0.6) is 0 Å². The molecular weight excluding hydrogens is 331 g/mol. The number of carbonyl (C=O) groups is 1. The molecule has 1 aromatic carbocycles. The summed E-state index contributed by atoms with van der Waals surface area (Å²) >= 11 is 0. The average Bonchev–Trinajstić information content (AvgIpc) is 3.02. The fourth-order valence-corrected chi connectivity index (χ4v) is 2.84. The molecule has 0 aliphatic carbocycles. The fourth-order valence-electron chi connectivity index (χ4n) is 2.84. The third kappa shape index (κ3) is 5.04. The van der Waals surface area contributed by atoms with Crippen LogP contribution in [0.25, 0.3) is 0 Å². The summed E-state index contributed by atoms with van der Waals surface area (Å²) in [5, 5.41) is 10.7. The van der Waals surface area contributed by atoms with Crippen LogP contribution in [0.4, 0.5) is 4.39 Å². The summed E-state index contributed by atoms with van der Waals surface area (Å²) in [6.07, 6.45) is 4.13. The lowest BCUT2D eigenvalue weighted by Crippen LogP contribution is -2.29. The number of carbonyl (C=O) groups excluding carboxylic acids is 1. The van der Waals surface area contributed by atoms with E-state index in [1.54, 1.807) is 16.8 Å². The molecule has 5 nitrogen and oxygen atoms in total. The van der Waals surface area contributed by atoms with Crippen LogP contribution in [0.3, 0.4) is 0 Å². The largest absolute Gasteiger partial charge is 0.350 e. The Bertz CT molecular complexity index is 670. The summed E-state index contributed by atoms with van der Waals surface area (Å²) in [7, 11) is 0. The second-order valence-electron chi connectivity index (χ2n) is 5.89. The quantitative estimate of drug-likeness (QED) is 0.867. The van der Waals surface area contributed by atoms with E-state index in [1.165, 1.54) is 12.1 Å². The molecule has 2 N–H and O–H groups in total. The monoisotopic (exact) mass is 352 g/mol. The topological polar surface area (TPSA) is 59.0 Å². The van der Waals surface area contributed by atoms with Crippen molar-refractivity contribution in [3.05, 3.63) is 53.6 Å². The maximum atomic E-state index is 13.1. The van der Waals surface area contributed by atoms with E-state index >= 15 is 0 Å². The van der Waals surface area contributed by atoms with Crippen molar-refractivity contribution in [3.63, 3.8) is 0 Å². The van der Waals surface area contributed by atoms with E-state index < -0.39 is 0 Å². The van der Waals surface area contributed by atoms with E-state index in [9.17, 15) is 9.18 Å². The van der Waals surface area contributed by atoms with Gasteiger partial charge in [0.1, 0.15) is 12.4 Å². The summed E-state index contributed by atoms with van der Waals surface area (Å²) in [6, 6.07) is 8.21. The van der Waals surface area contributed by atoms with Crippen molar-refractivity contribution in [1.29, 1.82) is 0 Å². The smallest absolute Gasteiger partial charge is 0.241 e. The first-order chi connectivity index (χ1) is 11.2. The van der Waals surface area contributed by atoms with Crippen LogP contribution in [0.2, 0.25) is 0 Å². The SMILES string of the molecule is Cl.O=C(Cn1ccc(C2CCCNC2)n1)NCc1cccc(F)c1. The number of nitrogens with zero attached hydrogens (tertiary/aromatic N) is 2. The van der Waals surface area contributed by atoms with E-state index in [1.807, 2.05) is 12.3 Å². The fraction of sp³-hybridized carbons (Fsp3) is 0.412. The molecule has 0 spiro atoms. The Hall–Kier alpha value is -1.92. The Balaban J connectivity index is 0.00000208. The molecule has 1 aromatic heterocycles. The van der Waals surface area contributed by atoms with Crippen molar-refractivity contribution in [2.24, 2.45) is 0 Å². The van der Waals surface area contributed by atoms with Crippen LogP contribution in [0.1, 0.15) is 30.0 Å². The number of hydrogen-bond acceptors (Lipinski definition) is 3. The van der Waals surface area contributed by atoms with Crippen molar-refractivity contribution < 1.29 is 9.18 Å². The Labute approximate surface area is 147 Å². The first-order valence-corrected chi connectivity index (χ1v) is 7.96. The Morgan fingerprint density at radius 1 is 1.42 bits per heavy atom. The van der Waals surface area contributed by atoms with Gasteiger partial charge in [0.05, 0.1) is 5.69 Å². The average molecular weight is 353 g/mol. The maximum Gasteiger partial charge on any atom is 0.241 e. The molecule has 0 bridgehead atoms. The second-order valence-corrected chi connectivity index (χ2v) is 5.89. The van der Waals surface area contributed by atoms with Gasteiger partial charge in [-0.2, -0.15) is 5.10 Å². The number of rotatable bonds is 5. The van der Waals surface area contributed by atoms with E-state index in [0.29, 0.717) is 12.5 Å². The van der Waals surface area contributed by atoms with E-state index in [2.05, 4.69) is 15.7 Å². The van der Waals surface area contributed by atoms with E-state index in [0.717, 1.165) is 37.2 Å². The third-order valence-corrected chi connectivity index (χ3v) is 4.06. The molecule has 0 radical (unpaired) electrons. The molecule has 1 saturated heterocycles. The number of nitrogens with one attached hydrogen (secondary N) is 2. The van der Waals surface area contributed by atoms with Gasteiger partial charge in [0.25, 0.3) is 0 Å². The molecule has 2 aromatic rings. The highest BCUT2D eigenvalue weighted by molar-refractivity contribution is 5.85. The summed E-state index contributed by atoms with van der Waals surface area (Å²) in [4.78, 5) is 12.0. The van der Waals surface area contributed by atoms with Crippen LogP contribution in [-0.2, 0) is 17.9 Å². The lowest BCUT2D eigenvalue weighted by Gasteiger charge is -2.20. The molecule has 1 amide bonds. The lowest BCUT2D eigenvalue weighted by atomic mass is 9.97. The Morgan fingerprint density at radius 2 is 2.29 bits per heavy atom. The van der Waals surface area contributed by atoms with Crippen LogP contribution < -0.4 is 10.6 Å². The minimum absolute atomic E-state index is 0. The van der Waals surface area contributed by atoms with Crippen LogP contribution in [0.15, 0.2) is 36.5 Å². The molecular formula is C17H22ClFN4O. The minimum atomic E-state index is -0.297. The highest BCUT2D eigenvalue weighted by atomic mass is 35.5. The Morgan fingerprint density at radius 3 is 3.04 bits per heavy atom. The first kappa shape index (κ1) is 18.4. The molecule has 1 unspecified atom stereocenters. The Kier molecular flexibility index (Phi) is 6.75. The lowest BCUT2D eigenvalue weighted by molar-refractivity contribution is -0.122. The van der Waals surface area contributed by atoms with Gasteiger partial charge in [0, 0.05) is 25.2 Å². The normalized spacial score (nSPS) is 17.1.